The maximum atomic E-state index is 13.9. The van der Waals surface area contributed by atoms with Crippen molar-refractivity contribution in [2.24, 2.45) is 0 Å². The van der Waals surface area contributed by atoms with Crippen molar-refractivity contribution in [1.82, 2.24) is 4.98 Å². The fraction of sp³-hybridized carbons (Fsp3) is 0.0714. The molecule has 9 nitrogen and oxygen atoms in total. The number of aromatic nitrogens is 1. The molecule has 0 saturated carbocycles. The summed E-state index contributed by atoms with van der Waals surface area (Å²) in [5, 5.41) is 0.307. The molecule has 0 aliphatic heterocycles. The third-order valence-corrected chi connectivity index (χ3v) is 10.2. The first-order chi connectivity index (χ1) is 18.6. The number of hydrogen-bond acceptors (Lipinski definition) is 8. The minimum Gasteiger partial charge on any atom is -0.497 e. The van der Waals surface area contributed by atoms with Gasteiger partial charge in [-0.05, 0) is 79.7 Å². The lowest BCUT2D eigenvalue weighted by atomic mass is 10.1. The topological polar surface area (TPSA) is 124 Å². The van der Waals surface area contributed by atoms with Gasteiger partial charge in [-0.15, -0.1) is 0 Å². The molecule has 0 unspecified atom stereocenters. The van der Waals surface area contributed by atoms with Crippen LogP contribution in [0.4, 0.5) is 5.69 Å². The molecule has 5 aromatic rings. The second kappa shape index (κ2) is 10.0. The standard InChI is InChI=1S/C28H22N2O7S2/c1-19-6-11-23(12-7-19)38(32,33)30(39(34,35)24-13-9-22(36-2)10-14-24)21-8-15-27-20(17-21)18-25(28(31)37-27)26-5-3-4-16-29-26/h3-18H,1-2H3. The van der Waals surface area contributed by atoms with Crippen LogP contribution in [0.25, 0.3) is 22.2 Å². The van der Waals surface area contributed by atoms with Crippen molar-refractivity contribution in [3.8, 4) is 17.0 Å². The van der Waals surface area contributed by atoms with Gasteiger partial charge >= 0.3 is 5.63 Å². The molecule has 5 rings (SSSR count). The third-order valence-electron chi connectivity index (χ3n) is 5.98. The fourth-order valence-corrected chi connectivity index (χ4v) is 7.66. The monoisotopic (exact) mass is 562 g/mol. The van der Waals surface area contributed by atoms with E-state index in [-0.39, 0.29) is 26.6 Å². The first-order valence-corrected chi connectivity index (χ1v) is 14.5. The van der Waals surface area contributed by atoms with Crippen LogP contribution in [-0.2, 0) is 20.0 Å². The zero-order valence-corrected chi connectivity index (χ0v) is 22.4. The molecule has 3 aromatic carbocycles. The molecule has 0 N–H and O–H groups in total. The molecule has 0 amide bonds. The van der Waals surface area contributed by atoms with E-state index in [2.05, 4.69) is 4.98 Å². The molecule has 0 aliphatic carbocycles. The molecule has 0 bridgehead atoms. The number of benzene rings is 3. The Morgan fingerprint density at radius 2 is 1.44 bits per heavy atom. The van der Waals surface area contributed by atoms with Gasteiger partial charge in [-0.3, -0.25) is 4.98 Å². The van der Waals surface area contributed by atoms with Crippen LogP contribution in [-0.4, -0.2) is 28.9 Å². The van der Waals surface area contributed by atoms with E-state index in [1.165, 1.54) is 74.0 Å². The maximum Gasteiger partial charge on any atom is 0.345 e. The molecule has 198 valence electrons. The number of nitrogens with zero attached hydrogens (tertiary/aromatic N) is 2. The lowest BCUT2D eigenvalue weighted by molar-refractivity contribution is 0.414. The summed E-state index contributed by atoms with van der Waals surface area (Å²) in [6.45, 7) is 1.79. The highest BCUT2D eigenvalue weighted by Crippen LogP contribution is 2.34. The third kappa shape index (κ3) is 4.89. The Kier molecular flexibility index (Phi) is 6.71. The Morgan fingerprint density at radius 3 is 2.03 bits per heavy atom. The van der Waals surface area contributed by atoms with E-state index in [0.29, 0.717) is 20.5 Å². The molecule has 0 atom stereocenters. The van der Waals surface area contributed by atoms with E-state index in [4.69, 9.17) is 9.15 Å². The summed E-state index contributed by atoms with van der Waals surface area (Å²) in [4.78, 5) is 16.3. The number of fused-ring (bicyclic) bond motifs is 1. The van der Waals surface area contributed by atoms with Gasteiger partial charge in [0.05, 0.1) is 33.8 Å². The van der Waals surface area contributed by atoms with Crippen LogP contribution in [0, 0.1) is 6.92 Å². The van der Waals surface area contributed by atoms with Crippen molar-refractivity contribution in [1.29, 1.82) is 0 Å². The SMILES string of the molecule is COc1ccc(S(=O)(=O)N(c2ccc3oc(=O)c(-c4ccccn4)cc3c2)S(=O)(=O)c2ccc(C)cc2)cc1. The zero-order chi connectivity index (χ0) is 27.8. The van der Waals surface area contributed by atoms with E-state index in [0.717, 1.165) is 5.56 Å². The molecule has 2 aromatic heterocycles. The quantitative estimate of drug-likeness (QED) is 0.260. The van der Waals surface area contributed by atoms with Gasteiger partial charge < -0.3 is 9.15 Å². The molecule has 0 saturated heterocycles. The minimum absolute atomic E-state index is 0.145. The smallest absolute Gasteiger partial charge is 0.345 e. The van der Waals surface area contributed by atoms with E-state index in [1.807, 2.05) is 0 Å². The van der Waals surface area contributed by atoms with E-state index in [9.17, 15) is 21.6 Å². The summed E-state index contributed by atoms with van der Waals surface area (Å²) in [5.74, 6) is 0.407. The van der Waals surface area contributed by atoms with E-state index >= 15 is 0 Å². The average molecular weight is 563 g/mol. The molecule has 0 aliphatic rings. The molecular weight excluding hydrogens is 540 g/mol. The largest absolute Gasteiger partial charge is 0.497 e. The van der Waals surface area contributed by atoms with Crippen molar-refractivity contribution < 1.29 is 26.0 Å². The fourth-order valence-electron chi connectivity index (χ4n) is 3.98. The Balaban J connectivity index is 1.74. The normalized spacial score (nSPS) is 11.8. The zero-order valence-electron chi connectivity index (χ0n) is 20.8. The maximum absolute atomic E-state index is 13.9. The van der Waals surface area contributed by atoms with Gasteiger partial charge in [-0.2, -0.15) is 3.71 Å². The second-order valence-corrected chi connectivity index (χ2v) is 12.4. The summed E-state index contributed by atoms with van der Waals surface area (Å²) in [7, 11) is -7.84. The molecule has 0 fully saturated rings. The van der Waals surface area contributed by atoms with Crippen molar-refractivity contribution in [3.63, 3.8) is 0 Å². The molecular formula is C28H22N2O7S2. The number of pyridine rings is 1. The summed E-state index contributed by atoms with van der Waals surface area (Å²) in [5.41, 5.74) is 0.655. The van der Waals surface area contributed by atoms with Gasteiger partial charge in [0, 0.05) is 11.6 Å². The van der Waals surface area contributed by atoms with Gasteiger partial charge in [0.15, 0.2) is 0 Å². The van der Waals surface area contributed by atoms with Gasteiger partial charge in [0.1, 0.15) is 11.3 Å². The van der Waals surface area contributed by atoms with E-state index in [1.54, 1.807) is 37.3 Å². The highest BCUT2D eigenvalue weighted by molar-refractivity contribution is 8.10. The lowest BCUT2D eigenvalue weighted by Crippen LogP contribution is -2.37. The Hall–Kier alpha value is -4.48. The van der Waals surface area contributed by atoms with Gasteiger partial charge in [0.2, 0.25) is 0 Å². The van der Waals surface area contributed by atoms with Crippen LogP contribution < -0.4 is 14.1 Å². The summed E-state index contributed by atoms with van der Waals surface area (Å²) < 4.78 is 66.6. The number of rotatable bonds is 7. The van der Waals surface area contributed by atoms with Gasteiger partial charge in [0.25, 0.3) is 20.0 Å². The van der Waals surface area contributed by atoms with Crippen molar-refractivity contribution >= 4 is 36.7 Å². The van der Waals surface area contributed by atoms with E-state index < -0.39 is 25.7 Å². The predicted molar refractivity (Wildman–Crippen MR) is 147 cm³/mol. The first kappa shape index (κ1) is 26.1. The van der Waals surface area contributed by atoms with Crippen LogP contribution in [0.1, 0.15) is 5.56 Å². The number of aryl methyl sites for hydroxylation is 1. The van der Waals surface area contributed by atoms with Crippen LogP contribution in [0.2, 0.25) is 0 Å². The van der Waals surface area contributed by atoms with Crippen molar-refractivity contribution in [2.45, 2.75) is 16.7 Å². The van der Waals surface area contributed by atoms with Crippen LogP contribution in [0.3, 0.4) is 0 Å². The summed E-state index contributed by atoms with van der Waals surface area (Å²) >= 11 is 0. The van der Waals surface area contributed by atoms with Crippen LogP contribution in [0.15, 0.2) is 116 Å². The summed E-state index contributed by atoms with van der Waals surface area (Å²) in [6.07, 6.45) is 1.52. The Morgan fingerprint density at radius 1 is 0.795 bits per heavy atom. The van der Waals surface area contributed by atoms with Crippen LogP contribution >= 0.6 is 0 Å². The Bertz CT molecular complexity index is 1940. The molecule has 0 radical (unpaired) electrons. The average Bonchev–Trinajstić information content (AvgIpc) is 2.93. The predicted octanol–water partition coefficient (Wildman–Crippen LogP) is 4.76. The number of methoxy groups -OCH3 is 1. The van der Waals surface area contributed by atoms with Crippen molar-refractivity contribution in [3.05, 3.63) is 113 Å². The number of ether oxygens (including phenoxy) is 1. The summed E-state index contributed by atoms with van der Waals surface area (Å²) in [6, 6.07) is 21.8. The Labute approximate surface area is 225 Å². The molecule has 2 heterocycles. The second-order valence-electron chi connectivity index (χ2n) is 8.58. The first-order valence-electron chi connectivity index (χ1n) is 11.6. The minimum atomic E-state index is -4.65. The van der Waals surface area contributed by atoms with Gasteiger partial charge in [-0.25, -0.2) is 21.6 Å². The number of sulfonamides is 2. The highest BCUT2D eigenvalue weighted by atomic mass is 32.3. The highest BCUT2D eigenvalue weighted by Gasteiger charge is 2.37. The number of hydrogen-bond donors (Lipinski definition) is 0. The molecule has 39 heavy (non-hydrogen) atoms. The van der Waals surface area contributed by atoms with Crippen LogP contribution in [0.5, 0.6) is 5.75 Å². The van der Waals surface area contributed by atoms with Gasteiger partial charge in [-0.1, -0.05) is 23.8 Å². The number of anilines is 1. The molecule has 11 heteroatoms. The van der Waals surface area contributed by atoms with Crippen molar-refractivity contribution in [2.75, 3.05) is 10.8 Å². The molecule has 0 spiro atoms. The lowest BCUT2D eigenvalue weighted by Gasteiger charge is -2.24.